The summed E-state index contributed by atoms with van der Waals surface area (Å²) in [6.45, 7) is 0.135. The molecule has 0 atom stereocenters. The number of aliphatic carboxylic acids is 1. The molecule has 1 aromatic carbocycles. The number of benzene rings is 1. The normalized spacial score (nSPS) is 10.9. The van der Waals surface area contributed by atoms with Crippen LogP contribution in [0, 0.1) is 0 Å². The molecule has 3 aromatic rings. The van der Waals surface area contributed by atoms with Crippen molar-refractivity contribution in [3.05, 3.63) is 52.7 Å². The molecule has 0 unspecified atom stereocenters. The molecule has 0 fully saturated rings. The van der Waals surface area contributed by atoms with Gasteiger partial charge in [-0.1, -0.05) is 12.1 Å². The first kappa shape index (κ1) is 15.7. The van der Waals surface area contributed by atoms with Crippen LogP contribution in [0.3, 0.4) is 0 Å². The van der Waals surface area contributed by atoms with Crippen LogP contribution in [0.1, 0.15) is 5.56 Å². The number of nitrogens with zero attached hydrogens (tertiary/aromatic N) is 4. The molecule has 2 aromatic heterocycles. The Morgan fingerprint density at radius 2 is 2.21 bits per heavy atom. The van der Waals surface area contributed by atoms with E-state index in [1.165, 1.54) is 12.4 Å². The highest BCUT2D eigenvalue weighted by molar-refractivity contribution is 5.79. The molecule has 2 heterocycles. The number of anilines is 1. The predicted molar refractivity (Wildman–Crippen MR) is 89.0 cm³/mol. The molecular weight excluding hydrogens is 310 g/mol. The maximum atomic E-state index is 12.1. The zero-order valence-corrected chi connectivity index (χ0v) is 13.1. The third kappa shape index (κ3) is 3.27. The molecule has 3 rings (SSSR count). The summed E-state index contributed by atoms with van der Waals surface area (Å²) in [6, 6.07) is 6.09. The lowest BCUT2D eigenvalue weighted by Gasteiger charge is -2.08. The molecule has 2 N–H and O–H groups in total. The second-order valence-electron chi connectivity index (χ2n) is 5.44. The van der Waals surface area contributed by atoms with Crippen LogP contribution in [0.4, 0.5) is 5.82 Å². The highest BCUT2D eigenvalue weighted by Crippen LogP contribution is 2.15. The van der Waals surface area contributed by atoms with E-state index < -0.39 is 11.5 Å². The minimum atomic E-state index is -1.07. The largest absolute Gasteiger partial charge is 0.480 e. The number of carbonyl (C=O) groups is 1. The molecule has 0 saturated carbocycles. The molecule has 0 bridgehead atoms. The van der Waals surface area contributed by atoms with Crippen molar-refractivity contribution in [1.29, 1.82) is 0 Å². The highest BCUT2D eigenvalue weighted by Gasteiger charge is 2.07. The Labute approximate surface area is 137 Å². The molecule has 0 spiro atoms. The van der Waals surface area contributed by atoms with E-state index in [-0.39, 0.29) is 12.4 Å². The lowest BCUT2D eigenvalue weighted by Crippen LogP contribution is -2.27. The van der Waals surface area contributed by atoms with E-state index in [0.717, 1.165) is 21.0 Å². The van der Waals surface area contributed by atoms with Crippen LogP contribution in [0.25, 0.3) is 10.9 Å². The standard InChI is InChI=1S/C16H17N5O3/c1-20-13-8-11(2-3-12(13)9-19-20)4-5-17-15-16(24)21(7-6-18-15)10-14(22)23/h2-3,6-9H,4-5,10H2,1H3,(H,17,18)(H,22,23). The zero-order valence-electron chi connectivity index (χ0n) is 13.1. The van der Waals surface area contributed by atoms with Crippen molar-refractivity contribution in [2.75, 3.05) is 11.9 Å². The van der Waals surface area contributed by atoms with E-state index in [4.69, 9.17) is 5.11 Å². The van der Waals surface area contributed by atoms with Crippen LogP contribution < -0.4 is 10.9 Å². The Hall–Kier alpha value is -3.16. The van der Waals surface area contributed by atoms with Gasteiger partial charge in [0.25, 0.3) is 5.56 Å². The van der Waals surface area contributed by atoms with Gasteiger partial charge < -0.3 is 10.4 Å². The van der Waals surface area contributed by atoms with Crippen molar-refractivity contribution in [1.82, 2.24) is 19.3 Å². The number of hydrogen-bond donors (Lipinski definition) is 2. The first-order valence-corrected chi connectivity index (χ1v) is 7.46. The third-order valence-corrected chi connectivity index (χ3v) is 3.74. The summed E-state index contributed by atoms with van der Waals surface area (Å²) >= 11 is 0. The summed E-state index contributed by atoms with van der Waals surface area (Å²) in [5.74, 6) is -0.918. The fourth-order valence-corrected chi connectivity index (χ4v) is 2.51. The van der Waals surface area contributed by atoms with E-state index in [1.54, 1.807) is 0 Å². The molecule has 0 aliphatic rings. The Kier molecular flexibility index (Phi) is 4.28. The summed E-state index contributed by atoms with van der Waals surface area (Å²) in [4.78, 5) is 26.8. The number of fused-ring (bicyclic) bond motifs is 1. The average molecular weight is 327 g/mol. The maximum absolute atomic E-state index is 12.1. The lowest BCUT2D eigenvalue weighted by molar-refractivity contribution is -0.137. The smallest absolute Gasteiger partial charge is 0.323 e. The van der Waals surface area contributed by atoms with Gasteiger partial charge in [0, 0.05) is 31.4 Å². The highest BCUT2D eigenvalue weighted by atomic mass is 16.4. The van der Waals surface area contributed by atoms with Crippen LogP contribution in [0.2, 0.25) is 0 Å². The van der Waals surface area contributed by atoms with Gasteiger partial charge in [0.15, 0.2) is 5.82 Å². The van der Waals surface area contributed by atoms with Crippen molar-refractivity contribution in [2.45, 2.75) is 13.0 Å². The zero-order chi connectivity index (χ0) is 17.1. The van der Waals surface area contributed by atoms with Crippen molar-refractivity contribution >= 4 is 22.7 Å². The van der Waals surface area contributed by atoms with E-state index in [0.29, 0.717) is 13.0 Å². The SMILES string of the molecule is Cn1ncc2ccc(CCNc3nccn(CC(=O)O)c3=O)cc21. The van der Waals surface area contributed by atoms with Crippen molar-refractivity contribution < 1.29 is 9.90 Å². The first-order chi connectivity index (χ1) is 11.5. The average Bonchev–Trinajstić information content (AvgIpc) is 2.91. The molecule has 0 saturated heterocycles. The number of carboxylic acid groups (broad SMARTS) is 1. The second-order valence-corrected chi connectivity index (χ2v) is 5.44. The van der Waals surface area contributed by atoms with E-state index >= 15 is 0 Å². The van der Waals surface area contributed by atoms with Gasteiger partial charge in [-0.2, -0.15) is 5.10 Å². The van der Waals surface area contributed by atoms with E-state index in [2.05, 4.69) is 21.5 Å². The van der Waals surface area contributed by atoms with Crippen molar-refractivity contribution in [2.24, 2.45) is 7.05 Å². The van der Waals surface area contributed by atoms with Gasteiger partial charge in [-0.05, 0) is 18.1 Å². The fourth-order valence-electron chi connectivity index (χ4n) is 2.51. The van der Waals surface area contributed by atoms with Crippen LogP contribution in [0.15, 0.2) is 41.6 Å². The molecule has 24 heavy (non-hydrogen) atoms. The topological polar surface area (TPSA) is 102 Å². The summed E-state index contributed by atoms with van der Waals surface area (Å²) < 4.78 is 2.93. The Morgan fingerprint density at radius 3 is 3.00 bits per heavy atom. The van der Waals surface area contributed by atoms with Gasteiger partial charge in [0.2, 0.25) is 0 Å². The fraction of sp³-hybridized carbons (Fsp3) is 0.250. The number of carboxylic acids is 1. The van der Waals surface area contributed by atoms with Crippen LogP contribution in [0.5, 0.6) is 0 Å². The van der Waals surface area contributed by atoms with Crippen molar-refractivity contribution in [3.8, 4) is 0 Å². The lowest BCUT2D eigenvalue weighted by atomic mass is 10.1. The molecule has 0 aliphatic heterocycles. The second kappa shape index (κ2) is 6.53. The number of aromatic nitrogens is 4. The van der Waals surface area contributed by atoms with E-state index in [1.807, 2.05) is 30.1 Å². The van der Waals surface area contributed by atoms with Crippen molar-refractivity contribution in [3.63, 3.8) is 0 Å². The monoisotopic (exact) mass is 327 g/mol. The molecule has 8 nitrogen and oxygen atoms in total. The summed E-state index contributed by atoms with van der Waals surface area (Å²) in [7, 11) is 1.89. The molecule has 124 valence electrons. The summed E-state index contributed by atoms with van der Waals surface area (Å²) in [6.07, 6.45) is 5.29. The van der Waals surface area contributed by atoms with Gasteiger partial charge in [-0.25, -0.2) is 4.98 Å². The predicted octanol–water partition coefficient (Wildman–Crippen LogP) is 0.869. The molecule has 0 radical (unpaired) electrons. The maximum Gasteiger partial charge on any atom is 0.323 e. The van der Waals surface area contributed by atoms with Crippen LogP contribution in [-0.2, 0) is 24.8 Å². The first-order valence-electron chi connectivity index (χ1n) is 7.46. The minimum absolute atomic E-state index is 0.153. The number of nitrogens with one attached hydrogen (secondary N) is 1. The molecular formula is C16H17N5O3. The van der Waals surface area contributed by atoms with Gasteiger partial charge in [0.05, 0.1) is 11.7 Å². The number of aryl methyl sites for hydroxylation is 1. The van der Waals surface area contributed by atoms with E-state index in [9.17, 15) is 9.59 Å². The Bertz CT molecular complexity index is 944. The molecule has 8 heteroatoms. The third-order valence-electron chi connectivity index (χ3n) is 3.74. The van der Waals surface area contributed by atoms with Gasteiger partial charge in [-0.15, -0.1) is 0 Å². The van der Waals surface area contributed by atoms with Crippen LogP contribution in [-0.4, -0.2) is 37.0 Å². The molecule has 0 aliphatic carbocycles. The Morgan fingerprint density at radius 1 is 1.38 bits per heavy atom. The Balaban J connectivity index is 1.68. The van der Waals surface area contributed by atoms with Gasteiger partial charge in [0.1, 0.15) is 6.54 Å². The molecule has 0 amide bonds. The summed E-state index contributed by atoms with van der Waals surface area (Å²) in [5.41, 5.74) is 1.72. The van der Waals surface area contributed by atoms with Gasteiger partial charge in [-0.3, -0.25) is 18.8 Å². The minimum Gasteiger partial charge on any atom is -0.480 e. The number of hydrogen-bond acceptors (Lipinski definition) is 5. The number of rotatable bonds is 6. The quantitative estimate of drug-likeness (QED) is 0.696. The van der Waals surface area contributed by atoms with Gasteiger partial charge >= 0.3 is 5.97 Å². The summed E-state index contributed by atoms with van der Waals surface area (Å²) in [5, 5.41) is 17.1. The van der Waals surface area contributed by atoms with Crippen LogP contribution >= 0.6 is 0 Å².